The van der Waals surface area contributed by atoms with Crippen molar-refractivity contribution in [3.8, 4) is 11.8 Å². The SMILES string of the molecule is N#Cc1cccc(OCc2c(F)cccc2F)c1. The zero-order valence-corrected chi connectivity index (χ0v) is 9.36. The van der Waals surface area contributed by atoms with Gasteiger partial charge in [0, 0.05) is 0 Å². The summed E-state index contributed by atoms with van der Waals surface area (Å²) < 4.78 is 31.9. The van der Waals surface area contributed by atoms with E-state index < -0.39 is 11.6 Å². The van der Waals surface area contributed by atoms with Crippen molar-refractivity contribution in [2.75, 3.05) is 0 Å². The van der Waals surface area contributed by atoms with E-state index in [4.69, 9.17) is 10.00 Å². The molecular formula is C14H9F2NO. The average molecular weight is 245 g/mol. The summed E-state index contributed by atoms with van der Waals surface area (Å²) in [5.41, 5.74) is 0.307. The molecule has 0 fully saturated rings. The van der Waals surface area contributed by atoms with Crippen LogP contribution in [-0.2, 0) is 6.61 Å². The lowest BCUT2D eigenvalue weighted by Gasteiger charge is -2.08. The smallest absolute Gasteiger partial charge is 0.132 e. The highest BCUT2D eigenvalue weighted by Gasteiger charge is 2.08. The first kappa shape index (κ1) is 12.1. The first-order valence-corrected chi connectivity index (χ1v) is 5.26. The molecule has 4 heteroatoms. The minimum atomic E-state index is -0.647. The van der Waals surface area contributed by atoms with Crippen LogP contribution in [0.4, 0.5) is 8.78 Å². The summed E-state index contributed by atoms with van der Waals surface area (Å²) >= 11 is 0. The van der Waals surface area contributed by atoms with Gasteiger partial charge in [-0.2, -0.15) is 5.26 Å². The Hall–Kier alpha value is -2.41. The summed E-state index contributed by atoms with van der Waals surface area (Å²) in [5.74, 6) is -0.894. The van der Waals surface area contributed by atoms with Gasteiger partial charge in [-0.1, -0.05) is 12.1 Å². The van der Waals surface area contributed by atoms with Gasteiger partial charge in [-0.05, 0) is 30.3 Å². The van der Waals surface area contributed by atoms with E-state index in [1.165, 1.54) is 24.3 Å². The second-order valence-corrected chi connectivity index (χ2v) is 3.63. The minimum Gasteiger partial charge on any atom is -0.489 e. The van der Waals surface area contributed by atoms with E-state index >= 15 is 0 Å². The molecule has 0 bridgehead atoms. The van der Waals surface area contributed by atoms with Crippen LogP contribution in [0.25, 0.3) is 0 Å². The third-order valence-electron chi connectivity index (χ3n) is 2.41. The van der Waals surface area contributed by atoms with Crippen molar-refractivity contribution in [2.45, 2.75) is 6.61 Å². The van der Waals surface area contributed by atoms with Gasteiger partial charge in [0.15, 0.2) is 0 Å². The maximum Gasteiger partial charge on any atom is 0.132 e. The maximum atomic E-state index is 13.3. The van der Waals surface area contributed by atoms with Gasteiger partial charge in [0.1, 0.15) is 24.0 Å². The van der Waals surface area contributed by atoms with Gasteiger partial charge >= 0.3 is 0 Å². The highest BCUT2D eigenvalue weighted by Crippen LogP contribution is 2.17. The molecule has 2 aromatic carbocycles. The lowest BCUT2D eigenvalue weighted by atomic mass is 10.2. The molecule has 0 saturated heterocycles. The van der Waals surface area contributed by atoms with E-state index in [9.17, 15) is 8.78 Å². The fourth-order valence-corrected chi connectivity index (χ4v) is 1.48. The van der Waals surface area contributed by atoms with Crippen LogP contribution in [0, 0.1) is 23.0 Å². The molecule has 0 atom stereocenters. The summed E-state index contributed by atoms with van der Waals surface area (Å²) in [6, 6.07) is 12.0. The van der Waals surface area contributed by atoms with Gasteiger partial charge in [-0.3, -0.25) is 0 Å². The summed E-state index contributed by atoms with van der Waals surface area (Å²) in [6.07, 6.45) is 0. The Labute approximate surface area is 103 Å². The summed E-state index contributed by atoms with van der Waals surface area (Å²) in [5, 5.41) is 8.71. The van der Waals surface area contributed by atoms with Crippen molar-refractivity contribution < 1.29 is 13.5 Å². The quantitative estimate of drug-likeness (QED) is 0.830. The fourth-order valence-electron chi connectivity index (χ4n) is 1.48. The Morgan fingerprint density at radius 3 is 2.39 bits per heavy atom. The molecule has 0 aromatic heterocycles. The zero-order valence-electron chi connectivity index (χ0n) is 9.36. The minimum absolute atomic E-state index is 0.125. The summed E-state index contributed by atoms with van der Waals surface area (Å²) in [7, 11) is 0. The van der Waals surface area contributed by atoms with Gasteiger partial charge in [-0.25, -0.2) is 8.78 Å². The molecule has 0 spiro atoms. The lowest BCUT2D eigenvalue weighted by molar-refractivity contribution is 0.292. The van der Waals surface area contributed by atoms with Crippen LogP contribution in [0.15, 0.2) is 42.5 Å². The van der Waals surface area contributed by atoms with Crippen molar-refractivity contribution in [3.63, 3.8) is 0 Å². The number of nitriles is 1. The molecule has 0 aliphatic heterocycles. The maximum absolute atomic E-state index is 13.3. The first-order valence-electron chi connectivity index (χ1n) is 5.26. The van der Waals surface area contributed by atoms with Gasteiger partial charge in [0.2, 0.25) is 0 Å². The molecule has 2 nitrogen and oxygen atoms in total. The number of hydrogen-bond donors (Lipinski definition) is 0. The van der Waals surface area contributed by atoms with E-state index in [0.29, 0.717) is 11.3 Å². The van der Waals surface area contributed by atoms with Gasteiger partial charge < -0.3 is 4.74 Å². The molecule has 0 N–H and O–H groups in total. The van der Waals surface area contributed by atoms with Crippen molar-refractivity contribution in [2.24, 2.45) is 0 Å². The second kappa shape index (κ2) is 5.28. The predicted octanol–water partition coefficient (Wildman–Crippen LogP) is 3.42. The third kappa shape index (κ3) is 2.64. The van der Waals surface area contributed by atoms with Crippen molar-refractivity contribution in [1.29, 1.82) is 5.26 Å². The Bertz CT molecular complexity index is 585. The van der Waals surface area contributed by atoms with E-state index in [-0.39, 0.29) is 12.2 Å². The Balaban J connectivity index is 2.14. The molecule has 0 saturated carbocycles. The topological polar surface area (TPSA) is 33.0 Å². The number of halogens is 2. The number of nitrogens with zero attached hydrogens (tertiary/aromatic N) is 1. The van der Waals surface area contributed by atoms with E-state index in [1.807, 2.05) is 6.07 Å². The molecule has 0 radical (unpaired) electrons. The molecule has 2 aromatic rings. The van der Waals surface area contributed by atoms with E-state index in [0.717, 1.165) is 0 Å². The molecule has 18 heavy (non-hydrogen) atoms. The Kier molecular flexibility index (Phi) is 3.54. The van der Waals surface area contributed by atoms with E-state index in [2.05, 4.69) is 0 Å². The monoisotopic (exact) mass is 245 g/mol. The summed E-state index contributed by atoms with van der Waals surface area (Å²) in [6.45, 7) is -0.215. The van der Waals surface area contributed by atoms with Crippen LogP contribution in [0.2, 0.25) is 0 Å². The number of hydrogen-bond acceptors (Lipinski definition) is 2. The normalized spacial score (nSPS) is 9.83. The molecular weight excluding hydrogens is 236 g/mol. The second-order valence-electron chi connectivity index (χ2n) is 3.63. The molecule has 0 aliphatic carbocycles. The summed E-state index contributed by atoms with van der Waals surface area (Å²) in [4.78, 5) is 0. The van der Waals surface area contributed by atoms with Gasteiger partial charge in [0.05, 0.1) is 17.2 Å². The number of benzene rings is 2. The van der Waals surface area contributed by atoms with Gasteiger partial charge in [0.25, 0.3) is 0 Å². The highest BCUT2D eigenvalue weighted by molar-refractivity contribution is 5.36. The fraction of sp³-hybridized carbons (Fsp3) is 0.0714. The molecule has 0 unspecified atom stereocenters. The van der Waals surface area contributed by atoms with Crippen molar-refractivity contribution >= 4 is 0 Å². The van der Waals surface area contributed by atoms with Gasteiger partial charge in [-0.15, -0.1) is 0 Å². The Morgan fingerprint density at radius 1 is 1.06 bits per heavy atom. The van der Waals surface area contributed by atoms with Crippen LogP contribution >= 0.6 is 0 Å². The zero-order chi connectivity index (χ0) is 13.0. The Morgan fingerprint density at radius 2 is 1.72 bits per heavy atom. The van der Waals surface area contributed by atoms with Crippen molar-refractivity contribution in [1.82, 2.24) is 0 Å². The molecule has 0 heterocycles. The van der Waals surface area contributed by atoms with Crippen LogP contribution < -0.4 is 4.74 Å². The van der Waals surface area contributed by atoms with Crippen LogP contribution in [0.1, 0.15) is 11.1 Å². The predicted molar refractivity (Wildman–Crippen MR) is 61.8 cm³/mol. The average Bonchev–Trinajstić information content (AvgIpc) is 2.38. The van der Waals surface area contributed by atoms with Crippen molar-refractivity contribution in [3.05, 3.63) is 65.2 Å². The number of rotatable bonds is 3. The van der Waals surface area contributed by atoms with E-state index in [1.54, 1.807) is 18.2 Å². The van der Waals surface area contributed by atoms with Crippen LogP contribution in [-0.4, -0.2) is 0 Å². The highest BCUT2D eigenvalue weighted by atomic mass is 19.1. The molecule has 2 rings (SSSR count). The largest absolute Gasteiger partial charge is 0.489 e. The lowest BCUT2D eigenvalue weighted by Crippen LogP contribution is -2.01. The number of ether oxygens (including phenoxy) is 1. The standard InChI is InChI=1S/C14H9F2NO/c15-13-5-2-6-14(16)12(13)9-18-11-4-1-3-10(7-11)8-17/h1-7H,9H2. The molecule has 90 valence electrons. The molecule has 0 aliphatic rings. The third-order valence-corrected chi connectivity index (χ3v) is 2.41. The molecule has 0 amide bonds. The van der Waals surface area contributed by atoms with Crippen LogP contribution in [0.3, 0.4) is 0 Å². The van der Waals surface area contributed by atoms with Crippen LogP contribution in [0.5, 0.6) is 5.75 Å². The first-order chi connectivity index (χ1) is 8.70.